The molecule has 2 rings (SSSR count). The van der Waals surface area contributed by atoms with Crippen molar-refractivity contribution < 1.29 is 24.2 Å². The average Bonchev–Trinajstić information content (AvgIpc) is 2.92. The summed E-state index contributed by atoms with van der Waals surface area (Å²) in [5, 5.41) is 15.7. The third-order valence-electron chi connectivity index (χ3n) is 6.89. The van der Waals surface area contributed by atoms with E-state index in [9.17, 15) is 19.5 Å². The monoisotopic (exact) mass is 567 g/mol. The molecule has 2 aromatic rings. The van der Waals surface area contributed by atoms with Crippen molar-refractivity contribution in [1.82, 2.24) is 15.5 Å². The Labute approximate surface area is 245 Å². The Morgan fingerprint density at radius 3 is 2.10 bits per heavy atom. The van der Waals surface area contributed by atoms with E-state index in [0.29, 0.717) is 19.5 Å². The molecule has 226 valence electrons. The van der Waals surface area contributed by atoms with Crippen molar-refractivity contribution in [2.45, 2.75) is 104 Å². The first-order chi connectivity index (χ1) is 19.5. The lowest BCUT2D eigenvalue weighted by Crippen LogP contribution is -2.54. The standard InChI is InChI=1S/C33H49N3O5/c1-7-8-9-10-11-15-21-36(31(39)27(23-37)35-32(40)41-33(4,5)6)29(28-24(2)17-16-18-25(28)3)30(38)34-22-26-19-13-12-14-20-26/h12-14,16-20,27,29,37H,7-11,15,21-23H2,1-6H3,(H,34,38)(H,35,40). The van der Waals surface area contributed by atoms with Crippen LogP contribution in [0.15, 0.2) is 48.5 Å². The third-order valence-corrected chi connectivity index (χ3v) is 6.89. The van der Waals surface area contributed by atoms with Gasteiger partial charge < -0.3 is 25.4 Å². The number of benzene rings is 2. The Hall–Kier alpha value is -3.39. The highest BCUT2D eigenvalue weighted by atomic mass is 16.6. The molecular formula is C33H49N3O5. The van der Waals surface area contributed by atoms with E-state index >= 15 is 0 Å². The van der Waals surface area contributed by atoms with Crippen LogP contribution in [0, 0.1) is 13.8 Å². The maximum atomic E-state index is 14.1. The fraction of sp³-hybridized carbons (Fsp3) is 0.545. The van der Waals surface area contributed by atoms with Crippen molar-refractivity contribution in [3.63, 3.8) is 0 Å². The maximum absolute atomic E-state index is 14.1. The van der Waals surface area contributed by atoms with Crippen molar-refractivity contribution in [3.05, 3.63) is 70.8 Å². The predicted molar refractivity (Wildman–Crippen MR) is 162 cm³/mol. The van der Waals surface area contributed by atoms with Crippen molar-refractivity contribution >= 4 is 17.9 Å². The molecule has 0 aliphatic carbocycles. The number of nitrogens with one attached hydrogen (secondary N) is 2. The number of nitrogens with zero attached hydrogens (tertiary/aromatic N) is 1. The molecule has 0 aromatic heterocycles. The summed E-state index contributed by atoms with van der Waals surface area (Å²) in [4.78, 5) is 42.1. The Kier molecular flexibility index (Phi) is 13.8. The summed E-state index contributed by atoms with van der Waals surface area (Å²) in [5.41, 5.74) is 2.67. The van der Waals surface area contributed by atoms with Gasteiger partial charge in [0.05, 0.1) is 6.61 Å². The zero-order valence-electron chi connectivity index (χ0n) is 25.7. The molecule has 0 saturated carbocycles. The summed E-state index contributed by atoms with van der Waals surface area (Å²) in [7, 11) is 0. The van der Waals surface area contributed by atoms with E-state index in [2.05, 4.69) is 17.6 Å². The van der Waals surface area contributed by atoms with Crippen molar-refractivity contribution in [3.8, 4) is 0 Å². The van der Waals surface area contributed by atoms with E-state index in [1.807, 2.05) is 62.4 Å². The van der Waals surface area contributed by atoms with Gasteiger partial charge in [0, 0.05) is 13.1 Å². The number of alkyl carbamates (subject to hydrolysis) is 1. The van der Waals surface area contributed by atoms with E-state index in [0.717, 1.165) is 54.4 Å². The van der Waals surface area contributed by atoms with E-state index < -0.39 is 36.3 Å². The highest BCUT2D eigenvalue weighted by Gasteiger charge is 2.37. The first-order valence-corrected chi connectivity index (χ1v) is 14.8. The summed E-state index contributed by atoms with van der Waals surface area (Å²) >= 11 is 0. The molecule has 0 fully saturated rings. The number of aliphatic hydroxyl groups is 1. The van der Waals surface area contributed by atoms with Gasteiger partial charge in [-0.3, -0.25) is 9.59 Å². The number of aryl methyl sites for hydroxylation is 2. The molecule has 2 unspecified atom stereocenters. The van der Waals surface area contributed by atoms with Gasteiger partial charge in [0.15, 0.2) is 0 Å². The Bertz CT molecular complexity index is 1090. The van der Waals surface area contributed by atoms with Crippen LogP contribution in [0.3, 0.4) is 0 Å². The zero-order chi connectivity index (χ0) is 30.4. The molecule has 3 amide bonds. The fourth-order valence-electron chi connectivity index (χ4n) is 4.83. The molecule has 8 nitrogen and oxygen atoms in total. The van der Waals surface area contributed by atoms with Gasteiger partial charge >= 0.3 is 6.09 Å². The summed E-state index contributed by atoms with van der Waals surface area (Å²) in [5.74, 6) is -0.853. The summed E-state index contributed by atoms with van der Waals surface area (Å²) < 4.78 is 5.34. The van der Waals surface area contributed by atoms with Crippen LogP contribution in [0.1, 0.15) is 94.5 Å². The number of hydrogen-bond donors (Lipinski definition) is 3. The van der Waals surface area contributed by atoms with E-state index in [4.69, 9.17) is 4.74 Å². The fourth-order valence-corrected chi connectivity index (χ4v) is 4.83. The van der Waals surface area contributed by atoms with Crippen LogP contribution in [0.2, 0.25) is 0 Å². The minimum Gasteiger partial charge on any atom is -0.444 e. The first kappa shape index (κ1) is 33.8. The van der Waals surface area contributed by atoms with E-state index in [1.165, 1.54) is 4.90 Å². The van der Waals surface area contributed by atoms with Gasteiger partial charge in [0.1, 0.15) is 17.7 Å². The van der Waals surface area contributed by atoms with Gasteiger partial charge in [0.25, 0.3) is 0 Å². The van der Waals surface area contributed by atoms with Crippen LogP contribution >= 0.6 is 0 Å². The molecule has 2 aromatic carbocycles. The number of hydrogen-bond acceptors (Lipinski definition) is 5. The number of ether oxygens (including phenoxy) is 1. The van der Waals surface area contributed by atoms with Gasteiger partial charge in [-0.15, -0.1) is 0 Å². The Balaban J connectivity index is 2.45. The first-order valence-electron chi connectivity index (χ1n) is 14.8. The number of unbranched alkanes of at least 4 members (excludes halogenated alkanes) is 5. The van der Waals surface area contributed by atoms with Crippen LogP contribution in [-0.4, -0.2) is 52.7 Å². The summed E-state index contributed by atoms with van der Waals surface area (Å²) in [6.07, 6.45) is 5.22. The van der Waals surface area contributed by atoms with Gasteiger partial charge in [-0.25, -0.2) is 4.79 Å². The Morgan fingerprint density at radius 1 is 0.902 bits per heavy atom. The molecule has 3 N–H and O–H groups in total. The number of rotatable bonds is 15. The molecule has 0 bridgehead atoms. The molecule has 0 spiro atoms. The second-order valence-corrected chi connectivity index (χ2v) is 11.6. The van der Waals surface area contributed by atoms with Gasteiger partial charge in [0.2, 0.25) is 11.8 Å². The normalized spacial score (nSPS) is 12.8. The number of amides is 3. The SMILES string of the molecule is CCCCCCCCN(C(=O)C(CO)NC(=O)OC(C)(C)C)C(C(=O)NCc1ccccc1)c1c(C)cccc1C. The smallest absolute Gasteiger partial charge is 0.408 e. The molecule has 0 aliphatic rings. The number of aliphatic hydroxyl groups excluding tert-OH is 1. The van der Waals surface area contributed by atoms with Crippen molar-refractivity contribution in [2.75, 3.05) is 13.2 Å². The van der Waals surface area contributed by atoms with Gasteiger partial charge in [-0.05, 0) is 63.3 Å². The molecule has 2 atom stereocenters. The lowest BCUT2D eigenvalue weighted by molar-refractivity contribution is -0.143. The topological polar surface area (TPSA) is 108 Å². The molecule has 41 heavy (non-hydrogen) atoms. The van der Waals surface area contributed by atoms with Crippen LogP contribution < -0.4 is 10.6 Å². The number of carbonyl (C=O) groups excluding carboxylic acids is 3. The van der Waals surface area contributed by atoms with E-state index in [-0.39, 0.29) is 5.91 Å². The quantitative estimate of drug-likeness (QED) is 0.238. The van der Waals surface area contributed by atoms with Crippen LogP contribution in [0.4, 0.5) is 4.79 Å². The lowest BCUT2D eigenvalue weighted by atomic mass is 9.93. The minimum atomic E-state index is -1.27. The number of carbonyl (C=O) groups is 3. The maximum Gasteiger partial charge on any atom is 0.408 e. The lowest BCUT2D eigenvalue weighted by Gasteiger charge is -2.35. The second kappa shape index (κ2) is 16.8. The van der Waals surface area contributed by atoms with Crippen LogP contribution in [0.5, 0.6) is 0 Å². The highest BCUT2D eigenvalue weighted by Crippen LogP contribution is 2.29. The summed E-state index contributed by atoms with van der Waals surface area (Å²) in [6.45, 7) is 11.2. The van der Waals surface area contributed by atoms with Gasteiger partial charge in [-0.2, -0.15) is 0 Å². The van der Waals surface area contributed by atoms with Crippen LogP contribution in [-0.2, 0) is 20.9 Å². The molecular weight excluding hydrogens is 518 g/mol. The molecule has 0 radical (unpaired) electrons. The highest BCUT2D eigenvalue weighted by molar-refractivity contribution is 5.92. The second-order valence-electron chi connectivity index (χ2n) is 11.6. The van der Waals surface area contributed by atoms with Crippen LogP contribution in [0.25, 0.3) is 0 Å². The molecule has 0 saturated heterocycles. The average molecular weight is 568 g/mol. The van der Waals surface area contributed by atoms with Gasteiger partial charge in [-0.1, -0.05) is 87.6 Å². The predicted octanol–water partition coefficient (Wildman–Crippen LogP) is 5.74. The zero-order valence-corrected chi connectivity index (χ0v) is 25.7. The third kappa shape index (κ3) is 11.2. The largest absolute Gasteiger partial charge is 0.444 e. The van der Waals surface area contributed by atoms with E-state index in [1.54, 1.807) is 20.8 Å². The van der Waals surface area contributed by atoms with Crippen molar-refractivity contribution in [1.29, 1.82) is 0 Å². The van der Waals surface area contributed by atoms with Crippen molar-refractivity contribution in [2.24, 2.45) is 0 Å². The molecule has 8 heteroatoms. The summed E-state index contributed by atoms with van der Waals surface area (Å²) in [6, 6.07) is 13.2. The molecule has 0 heterocycles. The Morgan fingerprint density at radius 2 is 1.51 bits per heavy atom. The minimum absolute atomic E-state index is 0.300. The molecule has 0 aliphatic heterocycles.